The Morgan fingerprint density at radius 1 is 1.00 bits per heavy atom. The summed E-state index contributed by atoms with van der Waals surface area (Å²) in [5.74, 6) is 0.290. The maximum atomic E-state index is 12.4. The molecule has 4 nitrogen and oxygen atoms in total. The molecule has 1 atom stereocenters. The molecule has 0 aliphatic rings. The van der Waals surface area contributed by atoms with Gasteiger partial charge in [-0.15, -0.1) is 0 Å². The summed E-state index contributed by atoms with van der Waals surface area (Å²) in [5, 5.41) is 6.18. The third-order valence-corrected chi connectivity index (χ3v) is 5.34. The van der Waals surface area contributed by atoms with Crippen molar-refractivity contribution in [3.63, 3.8) is 0 Å². The molecule has 1 amide bonds. The van der Waals surface area contributed by atoms with Crippen molar-refractivity contribution in [3.05, 3.63) is 78.5 Å². The number of aromatic nitrogens is 2. The summed E-state index contributed by atoms with van der Waals surface area (Å²) in [4.78, 5) is 21.4. The number of rotatable bonds is 5. The molecule has 1 aromatic heterocycles. The molecule has 134 valence electrons. The number of benzene rings is 3. The van der Waals surface area contributed by atoms with Gasteiger partial charge in [0, 0.05) is 0 Å². The van der Waals surface area contributed by atoms with Crippen LogP contribution < -0.4 is 5.32 Å². The van der Waals surface area contributed by atoms with Gasteiger partial charge in [0.05, 0.1) is 29.0 Å². The van der Waals surface area contributed by atoms with Crippen molar-refractivity contribution < 1.29 is 4.79 Å². The standard InChI is InChI=1S/C22H19N3OS/c1-15(17-10-6-8-16-7-2-3-9-18(16)17)24-21(26)14-27-22-13-23-19-11-4-5-12-20(19)25-22/h2-13,15H,14H2,1H3,(H,24,26)/t15-/m1/s1. The normalized spacial score (nSPS) is 12.2. The minimum absolute atomic E-state index is 0.0182. The molecule has 4 aromatic rings. The van der Waals surface area contributed by atoms with Crippen molar-refractivity contribution in [1.29, 1.82) is 0 Å². The zero-order valence-electron chi connectivity index (χ0n) is 14.9. The Kier molecular flexibility index (Phi) is 5.03. The van der Waals surface area contributed by atoms with Crippen LogP contribution in [0.15, 0.2) is 78.0 Å². The van der Waals surface area contributed by atoms with Gasteiger partial charge in [-0.3, -0.25) is 9.78 Å². The van der Waals surface area contributed by atoms with Crippen molar-refractivity contribution in [2.75, 3.05) is 5.75 Å². The average molecular weight is 373 g/mol. The fourth-order valence-corrected chi connectivity index (χ4v) is 3.79. The summed E-state index contributed by atoms with van der Waals surface area (Å²) in [5.41, 5.74) is 2.82. The second-order valence-corrected chi connectivity index (χ2v) is 7.34. The monoisotopic (exact) mass is 373 g/mol. The number of nitrogens with zero attached hydrogens (tertiary/aromatic N) is 2. The molecule has 27 heavy (non-hydrogen) atoms. The van der Waals surface area contributed by atoms with Crippen LogP contribution in [0, 0.1) is 0 Å². The van der Waals surface area contributed by atoms with Gasteiger partial charge < -0.3 is 5.32 Å². The van der Waals surface area contributed by atoms with E-state index in [1.807, 2.05) is 49.4 Å². The molecule has 0 unspecified atom stereocenters. The first-order valence-electron chi connectivity index (χ1n) is 8.82. The Balaban J connectivity index is 1.42. The molecule has 0 aliphatic carbocycles. The summed E-state index contributed by atoms with van der Waals surface area (Å²) in [6.07, 6.45) is 1.72. The van der Waals surface area contributed by atoms with E-state index in [2.05, 4.69) is 39.6 Å². The van der Waals surface area contributed by atoms with E-state index in [1.54, 1.807) is 6.20 Å². The lowest BCUT2D eigenvalue weighted by Crippen LogP contribution is -2.28. The molecule has 0 saturated carbocycles. The molecular formula is C22H19N3OS. The van der Waals surface area contributed by atoms with E-state index in [-0.39, 0.29) is 11.9 Å². The smallest absolute Gasteiger partial charge is 0.230 e. The first-order chi connectivity index (χ1) is 13.2. The van der Waals surface area contributed by atoms with Gasteiger partial charge in [-0.2, -0.15) is 0 Å². The molecular weight excluding hydrogens is 354 g/mol. The van der Waals surface area contributed by atoms with Crippen molar-refractivity contribution in [3.8, 4) is 0 Å². The molecule has 1 heterocycles. The predicted octanol–water partition coefficient (Wildman–Crippen LogP) is 4.75. The van der Waals surface area contributed by atoms with Crippen molar-refractivity contribution >= 4 is 39.5 Å². The number of carbonyl (C=O) groups is 1. The molecule has 0 fully saturated rings. The van der Waals surface area contributed by atoms with Crippen molar-refractivity contribution in [1.82, 2.24) is 15.3 Å². The molecule has 0 aliphatic heterocycles. The van der Waals surface area contributed by atoms with Gasteiger partial charge in [0.2, 0.25) is 5.91 Å². The minimum Gasteiger partial charge on any atom is -0.349 e. The van der Waals surface area contributed by atoms with E-state index < -0.39 is 0 Å². The summed E-state index contributed by atoms with van der Waals surface area (Å²) in [6, 6.07) is 22.1. The highest BCUT2D eigenvalue weighted by Crippen LogP contribution is 2.24. The van der Waals surface area contributed by atoms with Crippen LogP contribution in [0.4, 0.5) is 0 Å². The Labute approximate surface area is 162 Å². The number of hydrogen-bond acceptors (Lipinski definition) is 4. The summed E-state index contributed by atoms with van der Waals surface area (Å²) in [6.45, 7) is 2.01. The first kappa shape index (κ1) is 17.5. The second-order valence-electron chi connectivity index (χ2n) is 6.34. The van der Waals surface area contributed by atoms with Gasteiger partial charge in [0.1, 0.15) is 5.03 Å². The van der Waals surface area contributed by atoms with Gasteiger partial charge in [-0.25, -0.2) is 4.98 Å². The van der Waals surface area contributed by atoms with Crippen LogP contribution in [-0.4, -0.2) is 21.6 Å². The third kappa shape index (κ3) is 3.93. The zero-order valence-corrected chi connectivity index (χ0v) is 15.7. The van der Waals surface area contributed by atoms with Crippen LogP contribution >= 0.6 is 11.8 Å². The summed E-state index contributed by atoms with van der Waals surface area (Å²) in [7, 11) is 0. The lowest BCUT2D eigenvalue weighted by Gasteiger charge is -2.16. The molecule has 0 saturated heterocycles. The number of thioether (sulfide) groups is 1. The lowest BCUT2D eigenvalue weighted by atomic mass is 10.00. The minimum atomic E-state index is -0.0631. The van der Waals surface area contributed by atoms with Gasteiger partial charge in [0.15, 0.2) is 0 Å². The number of fused-ring (bicyclic) bond motifs is 2. The van der Waals surface area contributed by atoms with Crippen LogP contribution in [0.1, 0.15) is 18.5 Å². The predicted molar refractivity (Wildman–Crippen MR) is 111 cm³/mol. The number of amides is 1. The highest BCUT2D eigenvalue weighted by Gasteiger charge is 2.13. The fourth-order valence-electron chi connectivity index (χ4n) is 3.14. The van der Waals surface area contributed by atoms with Crippen LogP contribution in [0.25, 0.3) is 21.8 Å². The van der Waals surface area contributed by atoms with E-state index in [0.717, 1.165) is 21.6 Å². The van der Waals surface area contributed by atoms with E-state index >= 15 is 0 Å². The van der Waals surface area contributed by atoms with E-state index in [9.17, 15) is 4.79 Å². The molecule has 3 aromatic carbocycles. The topological polar surface area (TPSA) is 54.9 Å². The number of carbonyl (C=O) groups excluding carboxylic acids is 1. The number of para-hydroxylation sites is 2. The van der Waals surface area contributed by atoms with Crippen LogP contribution in [-0.2, 0) is 4.79 Å². The van der Waals surface area contributed by atoms with Crippen LogP contribution in [0.2, 0.25) is 0 Å². The van der Waals surface area contributed by atoms with Crippen LogP contribution in [0.3, 0.4) is 0 Å². The Hall–Kier alpha value is -2.92. The molecule has 0 radical (unpaired) electrons. The number of nitrogens with one attached hydrogen (secondary N) is 1. The second kappa shape index (κ2) is 7.76. The molecule has 4 rings (SSSR count). The number of hydrogen-bond donors (Lipinski definition) is 1. The van der Waals surface area contributed by atoms with E-state index in [1.165, 1.54) is 22.5 Å². The Morgan fingerprint density at radius 2 is 1.74 bits per heavy atom. The van der Waals surface area contributed by atoms with Crippen molar-refractivity contribution in [2.24, 2.45) is 0 Å². The quantitative estimate of drug-likeness (QED) is 0.513. The summed E-state index contributed by atoms with van der Waals surface area (Å²) >= 11 is 1.40. The highest BCUT2D eigenvalue weighted by atomic mass is 32.2. The fraction of sp³-hybridized carbons (Fsp3) is 0.136. The maximum Gasteiger partial charge on any atom is 0.230 e. The van der Waals surface area contributed by atoms with Gasteiger partial charge in [-0.1, -0.05) is 66.4 Å². The maximum absolute atomic E-state index is 12.4. The summed E-state index contributed by atoms with van der Waals surface area (Å²) < 4.78 is 0. The van der Waals surface area contributed by atoms with Gasteiger partial charge in [-0.05, 0) is 35.4 Å². The largest absolute Gasteiger partial charge is 0.349 e. The Bertz CT molecular complexity index is 1110. The van der Waals surface area contributed by atoms with E-state index in [0.29, 0.717) is 5.75 Å². The van der Waals surface area contributed by atoms with Crippen molar-refractivity contribution in [2.45, 2.75) is 18.0 Å². The first-order valence-corrected chi connectivity index (χ1v) is 9.81. The molecule has 0 spiro atoms. The lowest BCUT2D eigenvalue weighted by molar-refractivity contribution is -0.119. The highest BCUT2D eigenvalue weighted by molar-refractivity contribution is 7.99. The van der Waals surface area contributed by atoms with Gasteiger partial charge >= 0.3 is 0 Å². The van der Waals surface area contributed by atoms with E-state index in [4.69, 9.17) is 0 Å². The Morgan fingerprint density at radius 3 is 2.63 bits per heavy atom. The molecule has 0 bridgehead atoms. The third-order valence-electron chi connectivity index (χ3n) is 4.44. The zero-order chi connectivity index (χ0) is 18.6. The average Bonchev–Trinajstić information content (AvgIpc) is 2.71. The molecule has 5 heteroatoms. The molecule has 1 N–H and O–H groups in total. The van der Waals surface area contributed by atoms with Crippen LogP contribution in [0.5, 0.6) is 0 Å². The SMILES string of the molecule is C[C@@H](NC(=O)CSc1cnc2ccccc2n1)c1cccc2ccccc12. The van der Waals surface area contributed by atoms with Gasteiger partial charge in [0.25, 0.3) is 0 Å².